The molecule has 2 aromatic heterocycles. The average Bonchev–Trinajstić information content (AvgIpc) is 3.30. The summed E-state index contributed by atoms with van der Waals surface area (Å²) >= 11 is 0. The van der Waals surface area contributed by atoms with Crippen LogP contribution in [0.15, 0.2) is 109 Å². The second kappa shape index (κ2) is 9.70. The Labute approximate surface area is 264 Å². The molecule has 7 aromatic rings. The molecule has 0 fully saturated rings. The summed E-state index contributed by atoms with van der Waals surface area (Å²) in [4.78, 5) is 15.3. The molecular formula is C41H36N4. The van der Waals surface area contributed by atoms with E-state index in [1.165, 1.54) is 43.8 Å². The van der Waals surface area contributed by atoms with Gasteiger partial charge in [-0.3, -0.25) is 4.57 Å². The minimum Gasteiger partial charge on any atom is -0.278 e. The summed E-state index contributed by atoms with van der Waals surface area (Å²) in [6, 6.07) is 38.4. The molecule has 0 N–H and O–H groups in total. The van der Waals surface area contributed by atoms with E-state index in [1.807, 2.05) is 36.4 Å². The van der Waals surface area contributed by atoms with Gasteiger partial charge in [0.2, 0.25) is 5.95 Å². The summed E-state index contributed by atoms with van der Waals surface area (Å²) in [5.41, 5.74) is 9.39. The van der Waals surface area contributed by atoms with Crippen molar-refractivity contribution in [2.45, 2.75) is 41.5 Å². The Morgan fingerprint density at radius 2 is 0.956 bits per heavy atom. The highest BCUT2D eigenvalue weighted by molar-refractivity contribution is 6.29. The van der Waals surface area contributed by atoms with Gasteiger partial charge in [0.15, 0.2) is 11.6 Å². The maximum atomic E-state index is 5.17. The zero-order chi connectivity index (χ0) is 31.1. The molecule has 5 aromatic carbocycles. The Morgan fingerprint density at radius 1 is 0.444 bits per heavy atom. The first-order chi connectivity index (χ1) is 21.6. The molecule has 4 heteroatoms. The van der Waals surface area contributed by atoms with Gasteiger partial charge >= 0.3 is 0 Å². The van der Waals surface area contributed by atoms with Crippen LogP contribution in [0.4, 0.5) is 0 Å². The lowest BCUT2D eigenvalue weighted by Crippen LogP contribution is -2.18. The topological polar surface area (TPSA) is 43.6 Å². The van der Waals surface area contributed by atoms with Crippen molar-refractivity contribution in [3.05, 3.63) is 120 Å². The zero-order valence-corrected chi connectivity index (χ0v) is 26.7. The van der Waals surface area contributed by atoms with Crippen LogP contribution in [0.3, 0.4) is 0 Å². The van der Waals surface area contributed by atoms with E-state index in [4.69, 9.17) is 15.0 Å². The summed E-state index contributed by atoms with van der Waals surface area (Å²) in [7, 11) is 0. The second-order valence-electron chi connectivity index (χ2n) is 14.2. The maximum absolute atomic E-state index is 5.17. The van der Waals surface area contributed by atoms with E-state index in [-0.39, 0.29) is 10.8 Å². The minimum atomic E-state index is -0.0936. The minimum absolute atomic E-state index is 0.0654. The van der Waals surface area contributed by atoms with Crippen LogP contribution >= 0.6 is 0 Å². The number of allylic oxidation sites excluding steroid dienone is 2. The normalized spacial score (nSPS) is 13.5. The lowest BCUT2D eigenvalue weighted by Gasteiger charge is -2.34. The predicted molar refractivity (Wildman–Crippen MR) is 188 cm³/mol. The highest BCUT2D eigenvalue weighted by Crippen LogP contribution is 2.54. The van der Waals surface area contributed by atoms with Crippen LogP contribution in [-0.2, 0) is 0 Å². The van der Waals surface area contributed by atoms with E-state index < -0.39 is 0 Å². The van der Waals surface area contributed by atoms with Crippen LogP contribution in [0.1, 0.15) is 52.7 Å². The van der Waals surface area contributed by atoms with Gasteiger partial charge in [0.05, 0.1) is 11.0 Å². The third-order valence-electron chi connectivity index (χ3n) is 8.97. The van der Waals surface area contributed by atoms with Gasteiger partial charge in [-0.05, 0) is 56.0 Å². The first kappa shape index (κ1) is 27.5. The lowest BCUT2D eigenvalue weighted by atomic mass is 9.70. The molecule has 1 aliphatic rings. The SMILES string of the molecule is CC(C)(C)C1=C(C(C)(C)C)c2cccc3c2c2c4c1cccc4ccc2n3-c1nc(-c2ccccc2)nc(-c2ccccc2)n1. The van der Waals surface area contributed by atoms with Gasteiger partial charge in [-0.1, -0.05) is 139 Å². The van der Waals surface area contributed by atoms with Gasteiger partial charge in [-0.15, -0.1) is 0 Å². The Bertz CT molecular complexity index is 2250. The first-order valence-corrected chi connectivity index (χ1v) is 15.7. The number of nitrogens with zero attached hydrogens (tertiary/aromatic N) is 4. The van der Waals surface area contributed by atoms with Crippen LogP contribution in [0, 0.1) is 10.8 Å². The van der Waals surface area contributed by atoms with E-state index >= 15 is 0 Å². The lowest BCUT2D eigenvalue weighted by molar-refractivity contribution is 0.535. The summed E-state index contributed by atoms with van der Waals surface area (Å²) in [6.45, 7) is 14.1. The van der Waals surface area contributed by atoms with Gasteiger partial charge in [0.1, 0.15) is 0 Å². The summed E-state index contributed by atoms with van der Waals surface area (Å²) < 4.78 is 2.26. The summed E-state index contributed by atoms with van der Waals surface area (Å²) in [5, 5.41) is 5.07. The van der Waals surface area contributed by atoms with Crippen molar-refractivity contribution < 1.29 is 0 Å². The zero-order valence-electron chi connectivity index (χ0n) is 26.7. The molecule has 0 bridgehead atoms. The van der Waals surface area contributed by atoms with Crippen molar-refractivity contribution in [2.24, 2.45) is 10.8 Å². The molecule has 4 nitrogen and oxygen atoms in total. The Kier molecular flexibility index (Phi) is 5.92. The smallest absolute Gasteiger partial charge is 0.238 e. The number of rotatable bonds is 3. The Balaban J connectivity index is 1.56. The third-order valence-corrected chi connectivity index (χ3v) is 8.97. The van der Waals surface area contributed by atoms with Gasteiger partial charge in [-0.25, -0.2) is 4.98 Å². The highest BCUT2D eigenvalue weighted by Gasteiger charge is 2.35. The van der Waals surface area contributed by atoms with E-state index in [0.717, 1.165) is 22.2 Å². The fourth-order valence-corrected chi connectivity index (χ4v) is 7.28. The summed E-state index contributed by atoms with van der Waals surface area (Å²) in [6.07, 6.45) is 0. The Morgan fingerprint density at radius 3 is 1.51 bits per heavy atom. The molecule has 45 heavy (non-hydrogen) atoms. The molecule has 0 unspecified atom stereocenters. The molecule has 8 rings (SSSR count). The number of hydrogen-bond donors (Lipinski definition) is 0. The molecule has 0 saturated heterocycles. The van der Waals surface area contributed by atoms with Crippen molar-refractivity contribution >= 4 is 43.7 Å². The largest absolute Gasteiger partial charge is 0.278 e. The predicted octanol–water partition coefficient (Wildman–Crippen LogP) is 10.8. The molecule has 0 amide bonds. The Hall–Kier alpha value is -5.09. The molecule has 0 spiro atoms. The van der Waals surface area contributed by atoms with Gasteiger partial charge in [-0.2, -0.15) is 9.97 Å². The monoisotopic (exact) mass is 584 g/mol. The van der Waals surface area contributed by atoms with Crippen molar-refractivity contribution in [2.75, 3.05) is 0 Å². The van der Waals surface area contributed by atoms with E-state index in [9.17, 15) is 0 Å². The van der Waals surface area contributed by atoms with Crippen molar-refractivity contribution in [3.8, 4) is 28.7 Å². The third kappa shape index (κ3) is 4.23. The standard InChI is InChI=1S/C41H36N4/c1-40(2,3)35-28-20-13-19-25-23-24-31-34(32(25)28)33-29(36(35)41(4,5)6)21-14-22-30(33)45(31)39-43-37(26-15-9-7-10-16-26)42-38(44-39)27-17-11-8-12-18-27/h7-24H,1-6H3. The molecule has 0 saturated carbocycles. The highest BCUT2D eigenvalue weighted by atomic mass is 15.2. The first-order valence-electron chi connectivity index (χ1n) is 15.7. The van der Waals surface area contributed by atoms with Crippen LogP contribution in [0.2, 0.25) is 0 Å². The molecule has 0 radical (unpaired) electrons. The van der Waals surface area contributed by atoms with Crippen molar-refractivity contribution in [3.63, 3.8) is 0 Å². The molecular weight excluding hydrogens is 548 g/mol. The van der Waals surface area contributed by atoms with Gasteiger partial charge in [0, 0.05) is 21.9 Å². The molecule has 0 aliphatic heterocycles. The number of aromatic nitrogens is 4. The van der Waals surface area contributed by atoms with Gasteiger partial charge in [0.25, 0.3) is 0 Å². The van der Waals surface area contributed by atoms with E-state index in [1.54, 1.807) is 0 Å². The fourth-order valence-electron chi connectivity index (χ4n) is 7.28. The maximum Gasteiger partial charge on any atom is 0.238 e. The van der Waals surface area contributed by atoms with Crippen LogP contribution < -0.4 is 0 Å². The van der Waals surface area contributed by atoms with Crippen LogP contribution in [0.25, 0.3) is 72.4 Å². The summed E-state index contributed by atoms with van der Waals surface area (Å²) in [5.74, 6) is 1.93. The average molecular weight is 585 g/mol. The molecule has 220 valence electrons. The second-order valence-corrected chi connectivity index (χ2v) is 14.2. The van der Waals surface area contributed by atoms with Crippen LogP contribution in [0.5, 0.6) is 0 Å². The quantitative estimate of drug-likeness (QED) is 0.207. The van der Waals surface area contributed by atoms with Crippen molar-refractivity contribution in [1.82, 2.24) is 19.5 Å². The van der Waals surface area contributed by atoms with Crippen molar-refractivity contribution in [1.29, 1.82) is 0 Å². The van der Waals surface area contributed by atoms with E-state index in [0.29, 0.717) is 17.6 Å². The van der Waals surface area contributed by atoms with Gasteiger partial charge < -0.3 is 0 Å². The number of benzene rings is 5. The van der Waals surface area contributed by atoms with E-state index in [2.05, 4.69) is 119 Å². The van der Waals surface area contributed by atoms with Crippen LogP contribution in [-0.4, -0.2) is 19.5 Å². The molecule has 0 atom stereocenters. The number of hydrogen-bond acceptors (Lipinski definition) is 3. The molecule has 1 aliphatic carbocycles. The molecule has 2 heterocycles. The fraction of sp³-hybridized carbons (Fsp3) is 0.195.